The number of rotatable bonds is 4. The van der Waals surface area contributed by atoms with E-state index in [4.69, 9.17) is 0 Å². The molecule has 1 atom stereocenters. The van der Waals surface area contributed by atoms with Crippen molar-refractivity contribution in [3.63, 3.8) is 0 Å². The van der Waals surface area contributed by atoms with E-state index in [2.05, 4.69) is 28.2 Å². The van der Waals surface area contributed by atoms with E-state index in [1.807, 2.05) is 11.4 Å². The molecule has 82 valence electrons. The van der Waals surface area contributed by atoms with Gasteiger partial charge in [0.1, 0.15) is 5.78 Å². The molecule has 1 aliphatic rings. The topological polar surface area (TPSA) is 29.1 Å². The van der Waals surface area contributed by atoms with Crippen LogP contribution in [0.4, 0.5) is 0 Å². The van der Waals surface area contributed by atoms with Gasteiger partial charge in [0.2, 0.25) is 0 Å². The molecule has 1 N–H and O–H groups in total. The molecule has 15 heavy (non-hydrogen) atoms. The minimum absolute atomic E-state index is 0.195. The fourth-order valence-corrected chi connectivity index (χ4v) is 3.20. The highest BCUT2D eigenvalue weighted by Gasteiger charge is 2.28. The standard InChI is InChI=1S/C11H14BrNOS/c1-7(8-5-13-6-8)10(14)4-11-9(12)2-3-15-11/h2-3,7-8,13H,4-6H2,1H3. The van der Waals surface area contributed by atoms with Crippen molar-refractivity contribution in [1.29, 1.82) is 0 Å². The Hall–Kier alpha value is -0.190. The molecular formula is C11H14BrNOS. The summed E-state index contributed by atoms with van der Waals surface area (Å²) in [5.41, 5.74) is 0. The van der Waals surface area contributed by atoms with Crippen LogP contribution in [0.2, 0.25) is 0 Å². The zero-order valence-corrected chi connectivity index (χ0v) is 11.0. The van der Waals surface area contributed by atoms with Crippen LogP contribution in [0.15, 0.2) is 15.9 Å². The van der Waals surface area contributed by atoms with Crippen molar-refractivity contribution in [3.8, 4) is 0 Å². The molecule has 2 rings (SSSR count). The van der Waals surface area contributed by atoms with E-state index in [1.165, 1.54) is 0 Å². The number of nitrogens with one attached hydrogen (secondary N) is 1. The third kappa shape index (κ3) is 2.49. The van der Waals surface area contributed by atoms with Crippen molar-refractivity contribution in [2.45, 2.75) is 13.3 Å². The first kappa shape index (κ1) is 11.3. The molecule has 0 bridgehead atoms. The van der Waals surface area contributed by atoms with E-state index in [0.29, 0.717) is 18.1 Å². The summed E-state index contributed by atoms with van der Waals surface area (Å²) in [6, 6.07) is 2.00. The van der Waals surface area contributed by atoms with Crippen LogP contribution in [0.5, 0.6) is 0 Å². The molecule has 1 saturated heterocycles. The molecule has 1 aromatic rings. The second-order valence-electron chi connectivity index (χ2n) is 4.04. The van der Waals surface area contributed by atoms with E-state index < -0.39 is 0 Å². The smallest absolute Gasteiger partial charge is 0.141 e. The lowest BCUT2D eigenvalue weighted by Crippen LogP contribution is -2.47. The van der Waals surface area contributed by atoms with Crippen LogP contribution in [0, 0.1) is 11.8 Å². The third-order valence-corrected chi connectivity index (χ3v) is 4.98. The lowest BCUT2D eigenvalue weighted by Gasteiger charge is -2.31. The number of thiophene rings is 1. The second-order valence-corrected chi connectivity index (χ2v) is 5.90. The van der Waals surface area contributed by atoms with Crippen LogP contribution in [-0.2, 0) is 11.2 Å². The van der Waals surface area contributed by atoms with Gasteiger partial charge in [0.15, 0.2) is 0 Å². The zero-order valence-electron chi connectivity index (χ0n) is 8.63. The molecule has 1 aliphatic heterocycles. The predicted octanol–water partition coefficient (Wildman–Crippen LogP) is 2.48. The lowest BCUT2D eigenvalue weighted by molar-refractivity contribution is -0.123. The van der Waals surface area contributed by atoms with Crippen molar-refractivity contribution in [1.82, 2.24) is 5.32 Å². The molecule has 4 heteroatoms. The quantitative estimate of drug-likeness (QED) is 0.922. The lowest BCUT2D eigenvalue weighted by atomic mass is 9.85. The summed E-state index contributed by atoms with van der Waals surface area (Å²) < 4.78 is 1.07. The van der Waals surface area contributed by atoms with Crippen LogP contribution in [0.3, 0.4) is 0 Å². The first-order valence-electron chi connectivity index (χ1n) is 5.14. The van der Waals surface area contributed by atoms with Crippen molar-refractivity contribution >= 4 is 33.0 Å². The van der Waals surface area contributed by atoms with Crippen LogP contribution < -0.4 is 5.32 Å². The Morgan fingerprint density at radius 1 is 1.73 bits per heavy atom. The maximum atomic E-state index is 12.0. The highest BCUT2D eigenvalue weighted by atomic mass is 79.9. The van der Waals surface area contributed by atoms with Gasteiger partial charge in [0, 0.05) is 21.7 Å². The first-order chi connectivity index (χ1) is 7.18. The van der Waals surface area contributed by atoms with Gasteiger partial charge in [0.05, 0.1) is 0 Å². The monoisotopic (exact) mass is 287 g/mol. The molecule has 2 nitrogen and oxygen atoms in total. The maximum Gasteiger partial charge on any atom is 0.141 e. The van der Waals surface area contributed by atoms with Crippen molar-refractivity contribution < 1.29 is 4.79 Å². The van der Waals surface area contributed by atoms with E-state index in [0.717, 1.165) is 22.4 Å². The Morgan fingerprint density at radius 3 is 2.93 bits per heavy atom. The fraction of sp³-hybridized carbons (Fsp3) is 0.545. The van der Waals surface area contributed by atoms with Crippen molar-refractivity contribution in [2.24, 2.45) is 11.8 Å². The maximum absolute atomic E-state index is 12.0. The number of hydrogen-bond donors (Lipinski definition) is 1. The number of carbonyl (C=O) groups excluding carboxylic acids is 1. The average molecular weight is 288 g/mol. The highest BCUT2D eigenvalue weighted by Crippen LogP contribution is 2.26. The molecule has 1 aromatic heterocycles. The number of hydrogen-bond acceptors (Lipinski definition) is 3. The second kappa shape index (κ2) is 4.76. The number of carbonyl (C=O) groups is 1. The molecule has 0 radical (unpaired) electrons. The Balaban J connectivity index is 1.94. The number of ketones is 1. The molecule has 0 spiro atoms. The van der Waals surface area contributed by atoms with Gasteiger partial charge in [-0.25, -0.2) is 0 Å². The van der Waals surface area contributed by atoms with Gasteiger partial charge < -0.3 is 5.32 Å². The predicted molar refractivity (Wildman–Crippen MR) is 66.3 cm³/mol. The van der Waals surface area contributed by atoms with Gasteiger partial charge in [0.25, 0.3) is 0 Å². The van der Waals surface area contributed by atoms with Gasteiger partial charge in [-0.05, 0) is 46.4 Å². The molecule has 0 aliphatic carbocycles. The molecule has 0 saturated carbocycles. The summed E-state index contributed by atoms with van der Waals surface area (Å²) in [5, 5.41) is 5.22. The van der Waals surface area contributed by atoms with E-state index in [-0.39, 0.29) is 5.92 Å². The summed E-state index contributed by atoms with van der Waals surface area (Å²) in [6.45, 7) is 4.05. The average Bonchev–Trinajstić information content (AvgIpc) is 2.49. The minimum atomic E-state index is 0.195. The Kier molecular flexibility index (Phi) is 3.59. The minimum Gasteiger partial charge on any atom is -0.316 e. The molecule has 2 heterocycles. The van der Waals surface area contributed by atoms with Crippen molar-refractivity contribution in [2.75, 3.05) is 13.1 Å². The summed E-state index contributed by atoms with van der Waals surface area (Å²) in [7, 11) is 0. The van der Waals surface area contributed by atoms with Gasteiger partial charge in [-0.1, -0.05) is 6.92 Å². The summed E-state index contributed by atoms with van der Waals surface area (Å²) in [6.07, 6.45) is 0.579. The number of Topliss-reactive ketones (excluding diaryl/α,β-unsaturated/α-hetero) is 1. The zero-order chi connectivity index (χ0) is 10.8. The largest absolute Gasteiger partial charge is 0.316 e. The molecule has 1 fully saturated rings. The van der Waals surface area contributed by atoms with Gasteiger partial charge in [-0.3, -0.25) is 4.79 Å². The fourth-order valence-electron chi connectivity index (χ4n) is 1.70. The van der Waals surface area contributed by atoms with E-state index in [9.17, 15) is 4.79 Å². The van der Waals surface area contributed by atoms with Crippen LogP contribution in [0.25, 0.3) is 0 Å². The summed E-state index contributed by atoms with van der Waals surface area (Å²) in [5.74, 6) is 1.11. The molecule has 0 amide bonds. The van der Waals surface area contributed by atoms with Gasteiger partial charge in [-0.15, -0.1) is 11.3 Å². The van der Waals surface area contributed by atoms with E-state index >= 15 is 0 Å². The van der Waals surface area contributed by atoms with Gasteiger partial charge in [-0.2, -0.15) is 0 Å². The van der Waals surface area contributed by atoms with Gasteiger partial charge >= 0.3 is 0 Å². The summed E-state index contributed by atoms with van der Waals surface area (Å²) in [4.78, 5) is 13.1. The molecule has 1 unspecified atom stereocenters. The SMILES string of the molecule is CC(C(=O)Cc1sccc1Br)C1CNC1. The van der Waals surface area contributed by atoms with Crippen molar-refractivity contribution in [3.05, 3.63) is 20.8 Å². The Labute approximate surface area is 102 Å². The van der Waals surface area contributed by atoms with Crippen LogP contribution in [-0.4, -0.2) is 18.9 Å². The first-order valence-corrected chi connectivity index (χ1v) is 6.81. The van der Waals surface area contributed by atoms with Crippen LogP contribution >= 0.6 is 27.3 Å². The number of halogens is 1. The normalized spacial score (nSPS) is 18.5. The van der Waals surface area contributed by atoms with Crippen LogP contribution in [0.1, 0.15) is 11.8 Å². The summed E-state index contributed by atoms with van der Waals surface area (Å²) >= 11 is 5.11. The third-order valence-electron chi connectivity index (χ3n) is 3.05. The Morgan fingerprint density at radius 2 is 2.47 bits per heavy atom. The molecular weight excluding hydrogens is 274 g/mol. The Bertz CT molecular complexity index is 359. The van der Waals surface area contributed by atoms with E-state index in [1.54, 1.807) is 11.3 Å². The highest BCUT2D eigenvalue weighted by molar-refractivity contribution is 9.10. The molecule has 0 aromatic carbocycles.